The maximum atomic E-state index is 11.7. The van der Waals surface area contributed by atoms with Crippen LogP contribution in [0, 0.1) is 0 Å². The first-order chi connectivity index (χ1) is 8.15. The van der Waals surface area contributed by atoms with Gasteiger partial charge < -0.3 is 15.2 Å². The van der Waals surface area contributed by atoms with Gasteiger partial charge in [-0.3, -0.25) is 4.79 Å². The lowest BCUT2D eigenvalue weighted by Crippen LogP contribution is -2.27. The van der Waals surface area contributed by atoms with Gasteiger partial charge in [0.05, 0.1) is 6.61 Å². The van der Waals surface area contributed by atoms with Crippen molar-refractivity contribution in [3.63, 3.8) is 0 Å². The van der Waals surface area contributed by atoms with Crippen LogP contribution in [0.5, 0.6) is 0 Å². The first kappa shape index (κ1) is 12.8. The molecule has 5 nitrogen and oxygen atoms in total. The number of rotatable bonds is 5. The van der Waals surface area contributed by atoms with E-state index in [2.05, 4.69) is 5.32 Å². The van der Waals surface area contributed by atoms with Crippen LogP contribution in [0.25, 0.3) is 0 Å². The van der Waals surface area contributed by atoms with E-state index in [1.54, 1.807) is 37.3 Å². The van der Waals surface area contributed by atoms with E-state index in [1.807, 2.05) is 0 Å². The maximum Gasteiger partial charge on any atom is 0.355 e. The summed E-state index contributed by atoms with van der Waals surface area (Å²) in [5, 5.41) is 11.1. The Balaban J connectivity index is 2.75. The quantitative estimate of drug-likeness (QED) is 0.597. The number of nitrogens with one attached hydrogen (secondary N) is 1. The third kappa shape index (κ3) is 3.98. The van der Waals surface area contributed by atoms with Gasteiger partial charge in [-0.1, -0.05) is 18.2 Å². The van der Waals surface area contributed by atoms with Crippen molar-refractivity contribution in [3.8, 4) is 0 Å². The van der Waals surface area contributed by atoms with Crippen molar-refractivity contribution >= 4 is 11.9 Å². The zero-order chi connectivity index (χ0) is 12.7. The SMILES string of the molecule is CCOC=C(NC(=O)c1ccccc1)C(=O)O. The Hall–Kier alpha value is -2.30. The second-order valence-electron chi connectivity index (χ2n) is 3.11. The number of carboxylic acids is 1. The Morgan fingerprint density at radius 3 is 2.53 bits per heavy atom. The van der Waals surface area contributed by atoms with Crippen molar-refractivity contribution < 1.29 is 19.4 Å². The molecule has 0 aliphatic carbocycles. The van der Waals surface area contributed by atoms with Gasteiger partial charge in [-0.15, -0.1) is 0 Å². The van der Waals surface area contributed by atoms with Crippen LogP contribution in [0.15, 0.2) is 42.3 Å². The molecule has 0 atom stereocenters. The molecule has 5 heteroatoms. The molecule has 0 heterocycles. The first-order valence-corrected chi connectivity index (χ1v) is 5.06. The Morgan fingerprint density at radius 2 is 2.00 bits per heavy atom. The minimum absolute atomic E-state index is 0.291. The van der Waals surface area contributed by atoms with Crippen molar-refractivity contribution in [1.29, 1.82) is 0 Å². The molecule has 0 aliphatic rings. The number of hydrogen-bond donors (Lipinski definition) is 2. The summed E-state index contributed by atoms with van der Waals surface area (Å²) in [4.78, 5) is 22.5. The molecule has 0 spiro atoms. The van der Waals surface area contributed by atoms with Crippen molar-refractivity contribution in [2.45, 2.75) is 6.92 Å². The Bertz CT molecular complexity index is 425. The lowest BCUT2D eigenvalue weighted by atomic mass is 10.2. The number of hydrogen-bond acceptors (Lipinski definition) is 3. The van der Waals surface area contributed by atoms with Crippen molar-refractivity contribution in [2.75, 3.05) is 6.61 Å². The molecular formula is C12H13NO4. The highest BCUT2D eigenvalue weighted by molar-refractivity contribution is 6.00. The van der Waals surface area contributed by atoms with Gasteiger partial charge in [-0.25, -0.2) is 4.79 Å². The molecule has 1 aromatic rings. The van der Waals surface area contributed by atoms with Gasteiger partial charge in [0.15, 0.2) is 5.70 Å². The maximum absolute atomic E-state index is 11.7. The molecule has 1 amide bonds. The van der Waals surface area contributed by atoms with Crippen LogP contribution in [0.4, 0.5) is 0 Å². The lowest BCUT2D eigenvalue weighted by molar-refractivity contribution is -0.133. The van der Waals surface area contributed by atoms with Crippen LogP contribution in [-0.2, 0) is 9.53 Å². The van der Waals surface area contributed by atoms with E-state index in [0.717, 1.165) is 6.26 Å². The minimum atomic E-state index is -1.25. The van der Waals surface area contributed by atoms with Gasteiger partial charge in [0, 0.05) is 5.56 Å². The molecule has 0 aromatic heterocycles. The van der Waals surface area contributed by atoms with E-state index < -0.39 is 11.9 Å². The summed E-state index contributed by atoms with van der Waals surface area (Å²) < 4.78 is 4.84. The van der Waals surface area contributed by atoms with E-state index in [1.165, 1.54) is 0 Å². The summed E-state index contributed by atoms with van der Waals surface area (Å²) in [6.07, 6.45) is 1.02. The number of benzene rings is 1. The molecule has 0 aliphatic heterocycles. The van der Waals surface area contributed by atoms with Crippen LogP contribution < -0.4 is 5.32 Å². The molecule has 90 valence electrons. The standard InChI is InChI=1S/C12H13NO4/c1-2-17-8-10(12(15)16)13-11(14)9-6-4-3-5-7-9/h3-8H,2H2,1H3,(H,13,14)(H,15,16). The highest BCUT2D eigenvalue weighted by atomic mass is 16.5. The molecule has 0 unspecified atom stereocenters. The molecule has 1 rings (SSSR count). The molecule has 0 saturated heterocycles. The van der Waals surface area contributed by atoms with Crippen LogP contribution in [0.1, 0.15) is 17.3 Å². The number of amides is 1. The molecule has 0 bridgehead atoms. The fraction of sp³-hybridized carbons (Fsp3) is 0.167. The largest absolute Gasteiger partial charge is 0.499 e. The Labute approximate surface area is 98.7 Å². The lowest BCUT2D eigenvalue weighted by Gasteiger charge is -2.05. The highest BCUT2D eigenvalue weighted by Gasteiger charge is 2.13. The third-order valence-corrected chi connectivity index (χ3v) is 1.88. The fourth-order valence-electron chi connectivity index (χ4n) is 1.08. The zero-order valence-corrected chi connectivity index (χ0v) is 9.34. The average Bonchev–Trinajstić information content (AvgIpc) is 2.35. The van der Waals surface area contributed by atoms with E-state index >= 15 is 0 Å². The molecular weight excluding hydrogens is 222 g/mol. The number of carboxylic acid groups (broad SMARTS) is 1. The Kier molecular flexibility index (Phi) is 4.75. The normalized spacial score (nSPS) is 10.8. The number of ether oxygens (including phenoxy) is 1. The van der Waals surface area contributed by atoms with E-state index in [0.29, 0.717) is 12.2 Å². The third-order valence-electron chi connectivity index (χ3n) is 1.88. The van der Waals surface area contributed by atoms with Crippen molar-refractivity contribution in [3.05, 3.63) is 47.9 Å². The van der Waals surface area contributed by atoms with Crippen LogP contribution in [-0.4, -0.2) is 23.6 Å². The molecule has 0 saturated carbocycles. The fourth-order valence-corrected chi connectivity index (χ4v) is 1.08. The smallest absolute Gasteiger partial charge is 0.355 e. The second-order valence-corrected chi connectivity index (χ2v) is 3.11. The molecule has 0 fully saturated rings. The molecule has 1 aromatic carbocycles. The van der Waals surface area contributed by atoms with Gasteiger partial charge in [0.1, 0.15) is 6.26 Å². The van der Waals surface area contributed by atoms with E-state index in [-0.39, 0.29) is 5.70 Å². The van der Waals surface area contributed by atoms with Crippen LogP contribution in [0.3, 0.4) is 0 Å². The summed E-state index contributed by atoms with van der Waals surface area (Å²) >= 11 is 0. The number of carbonyl (C=O) groups is 2. The molecule has 2 N–H and O–H groups in total. The number of carbonyl (C=O) groups excluding carboxylic acids is 1. The summed E-state index contributed by atoms with van der Waals surface area (Å²) in [5.74, 6) is -1.73. The van der Waals surface area contributed by atoms with Crippen LogP contribution in [0.2, 0.25) is 0 Å². The average molecular weight is 235 g/mol. The van der Waals surface area contributed by atoms with Gasteiger partial charge in [0.2, 0.25) is 0 Å². The minimum Gasteiger partial charge on any atom is -0.499 e. The topological polar surface area (TPSA) is 75.6 Å². The second kappa shape index (κ2) is 6.32. The molecule has 0 radical (unpaired) electrons. The predicted molar refractivity (Wildman–Crippen MR) is 61.3 cm³/mol. The Morgan fingerprint density at radius 1 is 1.35 bits per heavy atom. The summed E-state index contributed by atoms with van der Waals surface area (Å²) in [6.45, 7) is 2.05. The van der Waals surface area contributed by atoms with E-state index in [9.17, 15) is 9.59 Å². The van der Waals surface area contributed by atoms with Gasteiger partial charge >= 0.3 is 5.97 Å². The van der Waals surface area contributed by atoms with Gasteiger partial charge in [-0.2, -0.15) is 0 Å². The summed E-state index contributed by atoms with van der Waals surface area (Å²) in [5.41, 5.74) is 0.0943. The van der Waals surface area contributed by atoms with Crippen molar-refractivity contribution in [2.24, 2.45) is 0 Å². The monoisotopic (exact) mass is 235 g/mol. The first-order valence-electron chi connectivity index (χ1n) is 5.06. The number of aliphatic carboxylic acids is 1. The predicted octanol–water partition coefficient (Wildman–Crippen LogP) is 1.38. The summed E-state index contributed by atoms with van der Waals surface area (Å²) in [7, 11) is 0. The van der Waals surface area contributed by atoms with Gasteiger partial charge in [-0.05, 0) is 19.1 Å². The zero-order valence-electron chi connectivity index (χ0n) is 9.34. The van der Waals surface area contributed by atoms with Gasteiger partial charge in [0.25, 0.3) is 5.91 Å². The highest BCUT2D eigenvalue weighted by Crippen LogP contribution is 2.00. The van der Waals surface area contributed by atoms with E-state index in [4.69, 9.17) is 9.84 Å². The van der Waals surface area contributed by atoms with Crippen LogP contribution >= 0.6 is 0 Å². The summed E-state index contributed by atoms with van der Waals surface area (Å²) in [6, 6.07) is 8.35. The molecule has 17 heavy (non-hydrogen) atoms. The van der Waals surface area contributed by atoms with Crippen molar-refractivity contribution in [1.82, 2.24) is 5.32 Å².